The topological polar surface area (TPSA) is 61.9 Å². The lowest BCUT2D eigenvalue weighted by molar-refractivity contribution is -0.132. The molecule has 1 fully saturated rings. The predicted molar refractivity (Wildman–Crippen MR) is 116 cm³/mol. The van der Waals surface area contributed by atoms with Crippen molar-refractivity contribution in [3.05, 3.63) is 64.1 Å². The quantitative estimate of drug-likeness (QED) is 0.691. The first-order valence-electron chi connectivity index (χ1n) is 9.82. The molecule has 0 aromatic heterocycles. The van der Waals surface area contributed by atoms with Gasteiger partial charge in [-0.3, -0.25) is 9.59 Å². The van der Waals surface area contributed by atoms with Gasteiger partial charge in [-0.15, -0.1) is 0 Å². The Labute approximate surface area is 180 Å². The number of nitrogens with one attached hydrogen (secondary N) is 1. The molecule has 2 aromatic rings. The highest BCUT2D eigenvalue weighted by Gasteiger charge is 2.23. The van der Waals surface area contributed by atoms with Gasteiger partial charge in [0.05, 0.1) is 6.61 Å². The molecule has 2 amide bonds. The zero-order valence-corrected chi connectivity index (χ0v) is 18.2. The Morgan fingerprint density at radius 3 is 2.55 bits per heavy atom. The first-order valence-corrected chi connectivity index (χ1v) is 10.6. The summed E-state index contributed by atoms with van der Waals surface area (Å²) in [4.78, 5) is 29.4. The number of benzene rings is 2. The Hall–Kier alpha value is -2.38. The summed E-state index contributed by atoms with van der Waals surface area (Å²) in [6, 6.07) is 14.9. The van der Waals surface area contributed by atoms with E-state index in [0.717, 1.165) is 28.9 Å². The van der Waals surface area contributed by atoms with Gasteiger partial charge in [0, 0.05) is 42.8 Å². The van der Waals surface area contributed by atoms with Gasteiger partial charge in [0.1, 0.15) is 12.3 Å². The van der Waals surface area contributed by atoms with Crippen molar-refractivity contribution >= 4 is 27.7 Å². The molecule has 1 aliphatic rings. The summed E-state index contributed by atoms with van der Waals surface area (Å²) in [5.41, 5.74) is 1.48. The third-order valence-corrected chi connectivity index (χ3v) is 5.29. The number of halogens is 1. The number of nitrogens with zero attached hydrogens (tertiary/aromatic N) is 2. The van der Waals surface area contributed by atoms with Crippen LogP contribution >= 0.6 is 15.9 Å². The summed E-state index contributed by atoms with van der Waals surface area (Å²) < 4.78 is 6.48. The minimum atomic E-state index is -0.164. The van der Waals surface area contributed by atoms with Gasteiger partial charge in [-0.05, 0) is 48.9 Å². The van der Waals surface area contributed by atoms with Crippen LogP contribution in [0.4, 0.5) is 0 Å². The molecular formula is C22H26BrN3O3. The number of carbonyl (C=O) groups is 2. The fourth-order valence-electron chi connectivity index (χ4n) is 3.27. The highest BCUT2D eigenvalue weighted by atomic mass is 79.9. The molecule has 1 saturated heterocycles. The molecule has 0 aliphatic carbocycles. The van der Waals surface area contributed by atoms with Crippen LogP contribution in [0.3, 0.4) is 0 Å². The molecule has 154 valence electrons. The maximum absolute atomic E-state index is 13.2. The smallest absolute Gasteiger partial charge is 0.254 e. The average Bonchev–Trinajstić information content (AvgIpc) is 2.74. The number of hydrogen-bond acceptors (Lipinski definition) is 4. The third kappa shape index (κ3) is 6.05. The Morgan fingerprint density at radius 1 is 1.14 bits per heavy atom. The minimum Gasteiger partial charge on any atom is -0.494 e. The number of piperazine rings is 1. The van der Waals surface area contributed by atoms with Crippen molar-refractivity contribution in [3.63, 3.8) is 0 Å². The number of amides is 2. The van der Waals surface area contributed by atoms with Gasteiger partial charge in [0.25, 0.3) is 5.91 Å². The molecule has 0 radical (unpaired) electrons. The number of carbonyl (C=O) groups excluding carboxylic acids is 2. The fraction of sp³-hybridized carbons (Fsp3) is 0.364. The van der Waals surface area contributed by atoms with Crippen molar-refractivity contribution in [2.24, 2.45) is 0 Å². The molecule has 1 heterocycles. The fourth-order valence-corrected chi connectivity index (χ4v) is 3.54. The summed E-state index contributed by atoms with van der Waals surface area (Å²) in [7, 11) is 0. The third-order valence-electron chi connectivity index (χ3n) is 4.76. The van der Waals surface area contributed by atoms with Gasteiger partial charge in [0.2, 0.25) is 5.91 Å². The van der Waals surface area contributed by atoms with Gasteiger partial charge in [-0.2, -0.15) is 0 Å². The number of rotatable bonds is 7. The lowest BCUT2D eigenvalue weighted by Gasteiger charge is -2.30. The van der Waals surface area contributed by atoms with Crippen molar-refractivity contribution in [3.8, 4) is 5.75 Å². The van der Waals surface area contributed by atoms with Crippen LogP contribution in [0.1, 0.15) is 22.8 Å². The van der Waals surface area contributed by atoms with Gasteiger partial charge in [-0.1, -0.05) is 28.1 Å². The van der Waals surface area contributed by atoms with E-state index in [1.54, 1.807) is 17.0 Å². The second kappa shape index (κ2) is 10.4. The molecule has 6 nitrogen and oxygen atoms in total. The molecule has 1 aliphatic heterocycles. The first-order chi connectivity index (χ1) is 14.1. The predicted octanol–water partition coefficient (Wildman–Crippen LogP) is 2.92. The van der Waals surface area contributed by atoms with Crippen LogP contribution in [0.25, 0.3) is 0 Å². The average molecular weight is 460 g/mol. The van der Waals surface area contributed by atoms with E-state index < -0.39 is 0 Å². The standard InChI is InChI=1S/C22H26BrN3O3/c1-2-29-20-5-3-4-17(14-20)15-26(16-21(27)25-12-10-24-11-13-25)22(28)18-6-8-19(23)9-7-18/h3-9,14,24H,2,10-13,15-16H2,1H3. The molecular weight excluding hydrogens is 434 g/mol. The monoisotopic (exact) mass is 459 g/mol. The van der Waals surface area contributed by atoms with Crippen molar-refractivity contribution < 1.29 is 14.3 Å². The van der Waals surface area contributed by atoms with E-state index in [9.17, 15) is 9.59 Å². The van der Waals surface area contributed by atoms with Crippen LogP contribution in [0.15, 0.2) is 53.0 Å². The molecule has 2 aromatic carbocycles. The zero-order chi connectivity index (χ0) is 20.6. The van der Waals surface area contributed by atoms with Gasteiger partial charge in [-0.25, -0.2) is 0 Å². The van der Waals surface area contributed by atoms with Crippen LogP contribution in [0.2, 0.25) is 0 Å². The SMILES string of the molecule is CCOc1cccc(CN(CC(=O)N2CCNCC2)C(=O)c2ccc(Br)cc2)c1. The first kappa shape index (κ1) is 21.3. The maximum Gasteiger partial charge on any atom is 0.254 e. The summed E-state index contributed by atoms with van der Waals surface area (Å²) in [6.45, 7) is 5.79. The molecule has 29 heavy (non-hydrogen) atoms. The van der Waals surface area contributed by atoms with Crippen molar-refractivity contribution in [1.82, 2.24) is 15.1 Å². The van der Waals surface area contributed by atoms with E-state index in [1.165, 1.54) is 0 Å². The van der Waals surface area contributed by atoms with Crippen LogP contribution < -0.4 is 10.1 Å². The second-order valence-electron chi connectivity index (χ2n) is 6.88. The Kier molecular flexibility index (Phi) is 7.66. The molecule has 0 unspecified atom stereocenters. The maximum atomic E-state index is 13.2. The van der Waals surface area contributed by atoms with E-state index in [-0.39, 0.29) is 18.4 Å². The van der Waals surface area contributed by atoms with Crippen LogP contribution in [0.5, 0.6) is 5.75 Å². The van der Waals surface area contributed by atoms with Gasteiger partial charge >= 0.3 is 0 Å². The molecule has 0 bridgehead atoms. The van der Waals surface area contributed by atoms with E-state index in [0.29, 0.717) is 31.8 Å². The van der Waals surface area contributed by atoms with Crippen LogP contribution in [-0.4, -0.2) is 60.9 Å². The van der Waals surface area contributed by atoms with Crippen molar-refractivity contribution in [2.45, 2.75) is 13.5 Å². The molecule has 0 atom stereocenters. The molecule has 0 saturated carbocycles. The summed E-state index contributed by atoms with van der Waals surface area (Å²) in [5.74, 6) is 0.565. The largest absolute Gasteiger partial charge is 0.494 e. The Balaban J connectivity index is 1.80. The molecule has 0 spiro atoms. The second-order valence-corrected chi connectivity index (χ2v) is 7.79. The number of ether oxygens (including phenoxy) is 1. The van der Waals surface area contributed by atoms with Gasteiger partial charge < -0.3 is 19.9 Å². The van der Waals surface area contributed by atoms with Crippen LogP contribution in [0, 0.1) is 0 Å². The Bertz CT molecular complexity index is 835. The molecule has 1 N–H and O–H groups in total. The van der Waals surface area contributed by atoms with Crippen molar-refractivity contribution in [2.75, 3.05) is 39.3 Å². The lowest BCUT2D eigenvalue weighted by Crippen LogP contribution is -2.50. The highest BCUT2D eigenvalue weighted by Crippen LogP contribution is 2.18. The van der Waals surface area contributed by atoms with E-state index in [4.69, 9.17) is 4.74 Å². The van der Waals surface area contributed by atoms with Gasteiger partial charge in [0.15, 0.2) is 0 Å². The normalized spacial score (nSPS) is 13.8. The van der Waals surface area contributed by atoms with E-state index >= 15 is 0 Å². The lowest BCUT2D eigenvalue weighted by atomic mass is 10.1. The minimum absolute atomic E-state index is 0.0297. The van der Waals surface area contributed by atoms with E-state index in [2.05, 4.69) is 21.2 Å². The van der Waals surface area contributed by atoms with Crippen molar-refractivity contribution in [1.29, 1.82) is 0 Å². The summed E-state index contributed by atoms with van der Waals surface area (Å²) >= 11 is 3.39. The summed E-state index contributed by atoms with van der Waals surface area (Å²) in [6.07, 6.45) is 0. The van der Waals surface area contributed by atoms with Crippen LogP contribution in [-0.2, 0) is 11.3 Å². The molecule has 3 rings (SSSR count). The highest BCUT2D eigenvalue weighted by molar-refractivity contribution is 9.10. The zero-order valence-electron chi connectivity index (χ0n) is 16.6. The Morgan fingerprint density at radius 2 is 1.86 bits per heavy atom. The molecule has 7 heteroatoms. The number of hydrogen-bond donors (Lipinski definition) is 1. The van der Waals surface area contributed by atoms with E-state index in [1.807, 2.05) is 48.2 Å². The summed E-state index contributed by atoms with van der Waals surface area (Å²) in [5, 5.41) is 3.24.